The maximum absolute atomic E-state index is 4.32. The van der Waals surface area contributed by atoms with Crippen molar-refractivity contribution in [3.8, 4) is 0 Å². The number of piperidine rings is 1. The molecule has 0 spiro atoms. The van der Waals surface area contributed by atoms with Crippen LogP contribution >= 0.6 is 0 Å². The summed E-state index contributed by atoms with van der Waals surface area (Å²) in [6.07, 6.45) is 9.93. The van der Waals surface area contributed by atoms with Crippen LogP contribution in [0.3, 0.4) is 0 Å². The fraction of sp³-hybridized carbons (Fsp3) is 0.500. The van der Waals surface area contributed by atoms with E-state index in [1.54, 1.807) is 0 Å². The van der Waals surface area contributed by atoms with E-state index in [1.165, 1.54) is 39.0 Å². The van der Waals surface area contributed by atoms with Crippen LogP contribution in [0, 0.1) is 0 Å². The van der Waals surface area contributed by atoms with Gasteiger partial charge < -0.3 is 4.90 Å². The normalized spacial score (nSPS) is 21.0. The van der Waals surface area contributed by atoms with E-state index in [1.807, 2.05) is 36.9 Å². The molecule has 0 aromatic carbocycles. The molecule has 0 saturated carbocycles. The molecule has 0 N–H and O–H groups in total. The van der Waals surface area contributed by atoms with Gasteiger partial charge in [-0.1, -0.05) is 0 Å². The van der Waals surface area contributed by atoms with Crippen LogP contribution in [-0.2, 0) is 0 Å². The van der Waals surface area contributed by atoms with Crippen molar-refractivity contribution in [1.82, 2.24) is 24.8 Å². The van der Waals surface area contributed by atoms with Crippen LogP contribution in [0.4, 0.5) is 11.4 Å². The summed E-state index contributed by atoms with van der Waals surface area (Å²) in [7, 11) is 2.22. The summed E-state index contributed by atoms with van der Waals surface area (Å²) in [6, 6.07) is 8.94. The molecule has 26 heavy (non-hydrogen) atoms. The van der Waals surface area contributed by atoms with Gasteiger partial charge in [-0.05, 0) is 44.2 Å². The first-order chi connectivity index (χ1) is 12.8. The minimum absolute atomic E-state index is 0.713. The second-order valence-corrected chi connectivity index (χ2v) is 7.26. The summed E-state index contributed by atoms with van der Waals surface area (Å²) >= 11 is 0. The van der Waals surface area contributed by atoms with Crippen molar-refractivity contribution in [3.63, 3.8) is 0 Å². The lowest BCUT2D eigenvalue weighted by Crippen LogP contribution is -2.54. The molecule has 4 heterocycles. The highest BCUT2D eigenvalue weighted by atomic mass is 15.6. The molecule has 2 saturated heterocycles. The number of hydrogen-bond acceptors (Lipinski definition) is 6. The van der Waals surface area contributed by atoms with Crippen LogP contribution in [0.2, 0.25) is 0 Å². The Kier molecular flexibility index (Phi) is 5.43. The van der Waals surface area contributed by atoms with Crippen molar-refractivity contribution in [3.05, 3.63) is 49.1 Å². The Hall–Kier alpha value is -2.02. The third-order valence-corrected chi connectivity index (χ3v) is 5.56. The van der Waals surface area contributed by atoms with E-state index in [0.29, 0.717) is 6.04 Å². The minimum Gasteiger partial charge on any atom is -0.304 e. The van der Waals surface area contributed by atoms with E-state index in [-0.39, 0.29) is 0 Å². The van der Waals surface area contributed by atoms with Crippen LogP contribution < -0.4 is 5.01 Å². The number of hydrazine groups is 1. The van der Waals surface area contributed by atoms with E-state index < -0.39 is 0 Å². The van der Waals surface area contributed by atoms with Crippen LogP contribution in [0.1, 0.15) is 12.8 Å². The number of anilines is 2. The van der Waals surface area contributed by atoms with Crippen LogP contribution in [0.15, 0.2) is 49.1 Å². The number of likely N-dealkylation sites (N-methyl/N-ethyl adjacent to an activating group) is 1. The topological polar surface area (TPSA) is 38.7 Å². The molecule has 0 unspecified atom stereocenters. The molecule has 0 aliphatic carbocycles. The Bertz CT molecular complexity index is 624. The second-order valence-electron chi connectivity index (χ2n) is 7.26. The van der Waals surface area contributed by atoms with Crippen LogP contribution in [0.5, 0.6) is 0 Å². The van der Waals surface area contributed by atoms with Crippen molar-refractivity contribution in [1.29, 1.82) is 0 Å². The molecule has 0 amide bonds. The fourth-order valence-corrected chi connectivity index (χ4v) is 4.04. The zero-order valence-corrected chi connectivity index (χ0v) is 15.5. The highest BCUT2D eigenvalue weighted by molar-refractivity contribution is 5.59. The fourth-order valence-electron chi connectivity index (χ4n) is 4.04. The summed E-state index contributed by atoms with van der Waals surface area (Å²) in [5, 5.41) is 4.72. The second kappa shape index (κ2) is 8.12. The molecule has 138 valence electrons. The molecule has 2 aliphatic heterocycles. The van der Waals surface area contributed by atoms with Crippen molar-refractivity contribution >= 4 is 11.4 Å². The smallest absolute Gasteiger partial charge is 0.0764 e. The van der Waals surface area contributed by atoms with Crippen molar-refractivity contribution < 1.29 is 0 Å². The predicted octanol–water partition coefficient (Wildman–Crippen LogP) is 2.24. The quantitative estimate of drug-likeness (QED) is 0.840. The Morgan fingerprint density at radius 1 is 0.846 bits per heavy atom. The van der Waals surface area contributed by atoms with Gasteiger partial charge in [0.25, 0.3) is 0 Å². The first kappa shape index (κ1) is 17.4. The minimum atomic E-state index is 0.713. The molecule has 4 rings (SSSR count). The largest absolute Gasteiger partial charge is 0.304 e. The molecule has 2 fully saturated rings. The average molecular weight is 352 g/mol. The predicted molar refractivity (Wildman–Crippen MR) is 104 cm³/mol. The molecule has 2 aromatic rings. The van der Waals surface area contributed by atoms with Crippen LogP contribution in [-0.4, -0.2) is 77.1 Å². The molecule has 6 nitrogen and oxygen atoms in total. The molecule has 6 heteroatoms. The van der Waals surface area contributed by atoms with Crippen molar-refractivity contribution in [2.24, 2.45) is 0 Å². The summed E-state index contributed by atoms with van der Waals surface area (Å²) in [4.78, 5) is 13.8. The van der Waals surface area contributed by atoms with E-state index in [4.69, 9.17) is 0 Å². The van der Waals surface area contributed by atoms with Crippen LogP contribution in [0.25, 0.3) is 0 Å². The molecule has 2 aromatic heterocycles. The molecule has 2 aliphatic rings. The van der Waals surface area contributed by atoms with Crippen molar-refractivity contribution in [2.75, 3.05) is 51.3 Å². The number of aromatic nitrogens is 2. The Morgan fingerprint density at radius 3 is 1.92 bits per heavy atom. The number of pyridine rings is 2. The molecule has 0 radical (unpaired) electrons. The number of hydrogen-bond donors (Lipinski definition) is 0. The molecular weight excluding hydrogens is 324 g/mol. The maximum atomic E-state index is 4.32. The van der Waals surface area contributed by atoms with Gasteiger partial charge in [0.2, 0.25) is 0 Å². The van der Waals surface area contributed by atoms with Gasteiger partial charge >= 0.3 is 0 Å². The van der Waals surface area contributed by atoms with Gasteiger partial charge in [0.05, 0.1) is 23.8 Å². The van der Waals surface area contributed by atoms with E-state index in [2.05, 4.69) is 49.0 Å². The Morgan fingerprint density at radius 2 is 1.42 bits per heavy atom. The summed E-state index contributed by atoms with van der Waals surface area (Å²) in [6.45, 7) is 6.91. The van der Waals surface area contributed by atoms with Gasteiger partial charge in [0.15, 0.2) is 0 Å². The number of nitrogens with zero attached hydrogens (tertiary/aromatic N) is 6. The SMILES string of the molecule is CN1CCN(C2CCN(N(c3cccnc3)c3cccnc3)CC2)CC1. The average Bonchev–Trinajstić information content (AvgIpc) is 2.71. The van der Waals surface area contributed by atoms with Gasteiger partial charge in [0, 0.05) is 57.7 Å². The van der Waals surface area contributed by atoms with Gasteiger partial charge in [-0.3, -0.25) is 19.9 Å². The Balaban J connectivity index is 1.46. The van der Waals surface area contributed by atoms with Gasteiger partial charge in [-0.2, -0.15) is 0 Å². The highest BCUT2D eigenvalue weighted by Crippen LogP contribution is 2.29. The molecule has 0 atom stereocenters. The summed E-state index contributed by atoms with van der Waals surface area (Å²) in [5.74, 6) is 0. The lowest BCUT2D eigenvalue weighted by Gasteiger charge is -2.45. The van der Waals surface area contributed by atoms with E-state index in [0.717, 1.165) is 24.5 Å². The highest BCUT2D eigenvalue weighted by Gasteiger charge is 2.29. The number of rotatable bonds is 4. The lowest BCUT2D eigenvalue weighted by molar-refractivity contribution is 0.0678. The van der Waals surface area contributed by atoms with Gasteiger partial charge in [-0.25, -0.2) is 5.01 Å². The Labute approximate surface area is 156 Å². The molecular formula is C20H28N6. The summed E-state index contributed by atoms with van der Waals surface area (Å²) < 4.78 is 0. The third-order valence-electron chi connectivity index (χ3n) is 5.56. The van der Waals surface area contributed by atoms with Gasteiger partial charge in [-0.15, -0.1) is 0 Å². The first-order valence-corrected chi connectivity index (χ1v) is 9.59. The standard InChI is InChI=1S/C20H28N6/c1-23-12-14-24(15-13-23)18-6-10-25(11-7-18)26(19-4-2-8-21-16-19)20-5-3-9-22-17-20/h2-5,8-9,16-18H,6-7,10-15H2,1H3. The van der Waals surface area contributed by atoms with Gasteiger partial charge in [0.1, 0.15) is 0 Å². The third kappa shape index (κ3) is 3.87. The van der Waals surface area contributed by atoms with Crippen molar-refractivity contribution in [2.45, 2.75) is 18.9 Å². The van der Waals surface area contributed by atoms with E-state index in [9.17, 15) is 0 Å². The number of piperazine rings is 1. The zero-order chi connectivity index (χ0) is 17.8. The first-order valence-electron chi connectivity index (χ1n) is 9.59. The zero-order valence-electron chi connectivity index (χ0n) is 15.5. The van der Waals surface area contributed by atoms with E-state index >= 15 is 0 Å². The molecule has 0 bridgehead atoms. The monoisotopic (exact) mass is 352 g/mol. The maximum Gasteiger partial charge on any atom is 0.0764 e. The lowest BCUT2D eigenvalue weighted by atomic mass is 10.0. The summed E-state index contributed by atoms with van der Waals surface area (Å²) in [5.41, 5.74) is 2.19.